The minimum atomic E-state index is -3.55. The Hall–Kier alpha value is -0.470. The van der Waals surface area contributed by atoms with E-state index in [0.29, 0.717) is 23.1 Å². The first-order valence-corrected chi connectivity index (χ1v) is 7.68. The molecule has 2 N–H and O–H groups in total. The quantitative estimate of drug-likeness (QED) is 0.805. The van der Waals surface area contributed by atoms with Crippen LogP contribution < -0.4 is 4.72 Å². The molecule has 0 heterocycles. The molecule has 0 spiro atoms. The van der Waals surface area contributed by atoms with Gasteiger partial charge in [-0.2, -0.15) is 0 Å². The van der Waals surface area contributed by atoms with E-state index in [9.17, 15) is 8.42 Å². The van der Waals surface area contributed by atoms with Gasteiger partial charge in [0, 0.05) is 17.6 Å². The summed E-state index contributed by atoms with van der Waals surface area (Å²) in [6.45, 7) is 0.773. The smallest absolute Gasteiger partial charge is 0.241 e. The summed E-state index contributed by atoms with van der Waals surface area (Å²) in [7, 11) is 0.189. The van der Waals surface area contributed by atoms with Crippen LogP contribution >= 0.6 is 15.9 Å². The molecule has 0 aliphatic heterocycles. The van der Waals surface area contributed by atoms with E-state index in [1.165, 1.54) is 6.07 Å². The normalized spacial score (nSPS) is 12.1. The molecular weight excluding hydrogens is 320 g/mol. The molecule has 1 aromatic carbocycles. The van der Waals surface area contributed by atoms with Crippen LogP contribution in [0.2, 0.25) is 0 Å². The fourth-order valence-corrected chi connectivity index (χ4v) is 3.37. The molecule has 0 saturated carbocycles. The van der Waals surface area contributed by atoms with Gasteiger partial charge >= 0.3 is 0 Å². The van der Waals surface area contributed by atoms with Gasteiger partial charge in [-0.1, -0.05) is 6.07 Å². The molecule has 5 nitrogen and oxygen atoms in total. The van der Waals surface area contributed by atoms with Crippen LogP contribution in [0.4, 0.5) is 0 Å². The standard InChI is InChI=1S/C11H17BrN2O3S/c1-14(2)6-5-13-18(16,17)11-7-9(8-15)3-4-10(11)12/h3-4,7,13,15H,5-6,8H2,1-2H3. The van der Waals surface area contributed by atoms with Gasteiger partial charge in [0.1, 0.15) is 0 Å². The highest BCUT2D eigenvalue weighted by atomic mass is 79.9. The zero-order valence-electron chi connectivity index (χ0n) is 10.4. The summed E-state index contributed by atoms with van der Waals surface area (Å²) in [6, 6.07) is 4.75. The topological polar surface area (TPSA) is 69.6 Å². The lowest BCUT2D eigenvalue weighted by Gasteiger charge is -2.12. The maximum Gasteiger partial charge on any atom is 0.241 e. The maximum atomic E-state index is 12.1. The van der Waals surface area contributed by atoms with Gasteiger partial charge in [-0.15, -0.1) is 0 Å². The van der Waals surface area contributed by atoms with E-state index in [4.69, 9.17) is 5.11 Å². The van der Waals surface area contributed by atoms with Crippen LogP contribution in [0.1, 0.15) is 5.56 Å². The first kappa shape index (κ1) is 15.6. The molecule has 0 unspecified atom stereocenters. The van der Waals surface area contributed by atoms with Gasteiger partial charge in [0.25, 0.3) is 0 Å². The second-order valence-corrected chi connectivity index (χ2v) is 6.71. The molecule has 0 fully saturated rings. The largest absolute Gasteiger partial charge is 0.392 e. The third kappa shape index (κ3) is 4.33. The van der Waals surface area contributed by atoms with Crippen molar-refractivity contribution in [2.24, 2.45) is 0 Å². The summed E-state index contributed by atoms with van der Waals surface area (Å²) in [5.74, 6) is 0. The average Bonchev–Trinajstić information content (AvgIpc) is 2.28. The minimum Gasteiger partial charge on any atom is -0.392 e. The van der Waals surface area contributed by atoms with Crippen LogP contribution in [-0.2, 0) is 16.6 Å². The van der Waals surface area contributed by atoms with Crippen LogP contribution in [0.3, 0.4) is 0 Å². The summed E-state index contributed by atoms with van der Waals surface area (Å²) in [6.07, 6.45) is 0. The van der Waals surface area contributed by atoms with Crippen LogP contribution in [0.15, 0.2) is 27.6 Å². The van der Waals surface area contributed by atoms with Crippen molar-refractivity contribution in [1.82, 2.24) is 9.62 Å². The van der Waals surface area contributed by atoms with Crippen molar-refractivity contribution in [2.75, 3.05) is 27.2 Å². The zero-order valence-corrected chi connectivity index (χ0v) is 12.8. The number of sulfonamides is 1. The summed E-state index contributed by atoms with van der Waals surface area (Å²) in [5, 5.41) is 9.03. The molecule has 102 valence electrons. The van der Waals surface area contributed by atoms with Crippen molar-refractivity contribution in [1.29, 1.82) is 0 Å². The molecule has 0 saturated heterocycles. The molecule has 18 heavy (non-hydrogen) atoms. The summed E-state index contributed by atoms with van der Waals surface area (Å²) in [5.41, 5.74) is 0.561. The molecule has 0 bridgehead atoms. The summed E-state index contributed by atoms with van der Waals surface area (Å²) >= 11 is 3.21. The van der Waals surface area contributed by atoms with Gasteiger partial charge < -0.3 is 10.0 Å². The van der Waals surface area contributed by atoms with Crippen molar-refractivity contribution < 1.29 is 13.5 Å². The van der Waals surface area contributed by atoms with Crippen molar-refractivity contribution in [3.63, 3.8) is 0 Å². The second kappa shape index (κ2) is 6.63. The number of aliphatic hydroxyl groups is 1. The molecule has 0 radical (unpaired) electrons. The molecule has 0 aliphatic rings. The van der Waals surface area contributed by atoms with Gasteiger partial charge in [-0.25, -0.2) is 13.1 Å². The van der Waals surface area contributed by atoms with E-state index in [1.54, 1.807) is 12.1 Å². The van der Waals surface area contributed by atoms with Gasteiger partial charge in [0.2, 0.25) is 10.0 Å². The lowest BCUT2D eigenvalue weighted by Crippen LogP contribution is -2.31. The van der Waals surface area contributed by atoms with Gasteiger partial charge in [0.05, 0.1) is 11.5 Å². The van der Waals surface area contributed by atoms with E-state index >= 15 is 0 Å². The Morgan fingerprint density at radius 1 is 1.39 bits per heavy atom. The maximum absolute atomic E-state index is 12.1. The lowest BCUT2D eigenvalue weighted by molar-refractivity contribution is 0.281. The van der Waals surface area contributed by atoms with Gasteiger partial charge in [0.15, 0.2) is 0 Å². The third-order valence-corrected chi connectivity index (χ3v) is 4.77. The fraction of sp³-hybridized carbons (Fsp3) is 0.455. The number of nitrogens with one attached hydrogen (secondary N) is 1. The van der Waals surface area contributed by atoms with E-state index < -0.39 is 10.0 Å². The first-order chi connectivity index (χ1) is 8.36. The Kier molecular flexibility index (Phi) is 5.74. The number of rotatable bonds is 6. The molecular formula is C11H17BrN2O3S. The average molecular weight is 337 g/mol. The fourth-order valence-electron chi connectivity index (χ4n) is 1.33. The number of halogens is 1. The Morgan fingerprint density at radius 3 is 2.61 bits per heavy atom. The van der Waals surface area contributed by atoms with Crippen LogP contribution in [0.25, 0.3) is 0 Å². The zero-order chi connectivity index (χ0) is 13.8. The highest BCUT2D eigenvalue weighted by Crippen LogP contribution is 2.23. The highest BCUT2D eigenvalue weighted by Gasteiger charge is 2.17. The Labute approximate surface area is 116 Å². The van der Waals surface area contributed by atoms with Crippen molar-refractivity contribution in [3.8, 4) is 0 Å². The van der Waals surface area contributed by atoms with Crippen LogP contribution in [0, 0.1) is 0 Å². The van der Waals surface area contributed by atoms with Crippen molar-refractivity contribution >= 4 is 26.0 Å². The van der Waals surface area contributed by atoms with Crippen LogP contribution in [-0.4, -0.2) is 45.6 Å². The predicted molar refractivity (Wildman–Crippen MR) is 73.8 cm³/mol. The van der Waals surface area contributed by atoms with E-state index in [1.807, 2.05) is 19.0 Å². The van der Waals surface area contributed by atoms with Gasteiger partial charge in [-0.05, 0) is 47.7 Å². The number of aliphatic hydroxyl groups excluding tert-OH is 1. The van der Waals surface area contributed by atoms with Crippen molar-refractivity contribution in [2.45, 2.75) is 11.5 Å². The van der Waals surface area contributed by atoms with E-state index in [2.05, 4.69) is 20.7 Å². The number of hydrogen-bond acceptors (Lipinski definition) is 4. The molecule has 0 aromatic heterocycles. The summed E-state index contributed by atoms with van der Waals surface area (Å²) in [4.78, 5) is 2.04. The predicted octanol–water partition coefficient (Wildman–Crippen LogP) is 0.781. The Bertz CT molecular complexity index is 503. The molecule has 0 aliphatic carbocycles. The Balaban J connectivity index is 2.90. The number of nitrogens with zero attached hydrogens (tertiary/aromatic N) is 1. The Morgan fingerprint density at radius 2 is 2.06 bits per heavy atom. The second-order valence-electron chi connectivity index (χ2n) is 4.12. The molecule has 1 rings (SSSR count). The number of likely N-dealkylation sites (N-methyl/N-ethyl adjacent to an activating group) is 1. The van der Waals surface area contributed by atoms with Crippen molar-refractivity contribution in [3.05, 3.63) is 28.2 Å². The number of benzene rings is 1. The highest BCUT2D eigenvalue weighted by molar-refractivity contribution is 9.10. The monoisotopic (exact) mass is 336 g/mol. The lowest BCUT2D eigenvalue weighted by atomic mass is 10.2. The molecule has 1 aromatic rings. The third-order valence-electron chi connectivity index (χ3n) is 2.32. The molecule has 7 heteroatoms. The summed E-state index contributed by atoms with van der Waals surface area (Å²) < 4.78 is 27.1. The molecule has 0 amide bonds. The van der Waals surface area contributed by atoms with Crippen LogP contribution in [0.5, 0.6) is 0 Å². The molecule has 0 atom stereocenters. The minimum absolute atomic E-state index is 0.146. The SMILES string of the molecule is CN(C)CCNS(=O)(=O)c1cc(CO)ccc1Br. The van der Waals surface area contributed by atoms with Gasteiger partial charge in [-0.3, -0.25) is 0 Å². The first-order valence-electron chi connectivity index (χ1n) is 5.40. The van der Waals surface area contributed by atoms with E-state index in [0.717, 1.165) is 0 Å². The van der Waals surface area contributed by atoms with E-state index in [-0.39, 0.29) is 11.5 Å². The number of hydrogen-bond donors (Lipinski definition) is 2.